The summed E-state index contributed by atoms with van der Waals surface area (Å²) in [6, 6.07) is 10.3. The summed E-state index contributed by atoms with van der Waals surface area (Å²) in [4.78, 5) is 24.8. The van der Waals surface area contributed by atoms with E-state index in [1.807, 2.05) is 32.1 Å². The normalized spacial score (nSPS) is 11.3. The zero-order valence-corrected chi connectivity index (χ0v) is 19.6. The van der Waals surface area contributed by atoms with Gasteiger partial charge < -0.3 is 14.2 Å². The Morgan fingerprint density at radius 1 is 0.969 bits per heavy atom. The summed E-state index contributed by atoms with van der Waals surface area (Å²) in [6.07, 6.45) is 5.67. The van der Waals surface area contributed by atoms with E-state index in [1.165, 1.54) is 6.08 Å². The van der Waals surface area contributed by atoms with Crippen LogP contribution in [-0.2, 0) is 11.2 Å². The molecule has 0 aliphatic carbocycles. The van der Waals surface area contributed by atoms with E-state index in [0.29, 0.717) is 42.4 Å². The first-order valence-corrected chi connectivity index (χ1v) is 10.8. The summed E-state index contributed by atoms with van der Waals surface area (Å²) in [5, 5.41) is 0. The molecule has 0 aliphatic rings. The van der Waals surface area contributed by atoms with E-state index >= 15 is 0 Å². The lowest BCUT2D eigenvalue weighted by Crippen LogP contribution is -2.25. The first-order chi connectivity index (χ1) is 15.2. The van der Waals surface area contributed by atoms with E-state index in [1.54, 1.807) is 51.1 Å². The van der Waals surface area contributed by atoms with Crippen LogP contribution in [0, 0.1) is 5.41 Å². The number of allylic oxidation sites excluding steroid dienone is 2. The number of hydrogen-bond donors (Lipinski definition) is 0. The van der Waals surface area contributed by atoms with Crippen LogP contribution in [0.2, 0.25) is 0 Å². The molecule has 2 aromatic carbocycles. The Balaban J connectivity index is 2.29. The van der Waals surface area contributed by atoms with Gasteiger partial charge >= 0.3 is 5.97 Å². The van der Waals surface area contributed by atoms with Crippen molar-refractivity contribution in [1.29, 1.82) is 0 Å². The molecule has 0 saturated heterocycles. The van der Waals surface area contributed by atoms with Crippen molar-refractivity contribution in [1.82, 2.24) is 0 Å². The van der Waals surface area contributed by atoms with E-state index < -0.39 is 5.41 Å². The van der Waals surface area contributed by atoms with Gasteiger partial charge in [0.05, 0.1) is 24.2 Å². The number of rotatable bonds is 10. The molecule has 0 amide bonds. The van der Waals surface area contributed by atoms with E-state index in [2.05, 4.69) is 6.58 Å². The lowest BCUT2D eigenvalue weighted by Gasteiger charge is -2.16. The third-order valence-corrected chi connectivity index (χ3v) is 4.55. The minimum Gasteiger partial charge on any atom is -0.493 e. The Labute approximate surface area is 190 Å². The van der Waals surface area contributed by atoms with Crippen LogP contribution in [-0.4, -0.2) is 25.0 Å². The number of carbonyl (C=O) groups is 2. The molecule has 0 N–H and O–H groups in total. The average molecular weight is 437 g/mol. The highest BCUT2D eigenvalue weighted by Gasteiger charge is 2.23. The summed E-state index contributed by atoms with van der Waals surface area (Å²) in [6.45, 7) is 14.0. The van der Waals surface area contributed by atoms with Crippen molar-refractivity contribution in [2.24, 2.45) is 5.41 Å². The highest BCUT2D eigenvalue weighted by atomic mass is 16.5. The Kier molecular flexibility index (Phi) is 8.82. The van der Waals surface area contributed by atoms with Crippen LogP contribution in [0.1, 0.15) is 56.1 Å². The first kappa shape index (κ1) is 24.9. The van der Waals surface area contributed by atoms with Gasteiger partial charge in [0.25, 0.3) is 0 Å². The molecule has 0 aliphatic heterocycles. The molecule has 32 heavy (non-hydrogen) atoms. The van der Waals surface area contributed by atoms with Gasteiger partial charge in [0.2, 0.25) is 0 Å². The summed E-state index contributed by atoms with van der Waals surface area (Å²) in [7, 11) is 0. The molecule has 0 saturated carbocycles. The van der Waals surface area contributed by atoms with Gasteiger partial charge in [0.15, 0.2) is 5.78 Å². The summed E-state index contributed by atoms with van der Waals surface area (Å²) < 4.78 is 17.0. The number of benzene rings is 2. The van der Waals surface area contributed by atoms with Crippen molar-refractivity contribution in [3.05, 3.63) is 71.8 Å². The van der Waals surface area contributed by atoms with Crippen LogP contribution in [0.5, 0.6) is 17.2 Å². The number of hydrogen-bond acceptors (Lipinski definition) is 5. The Bertz CT molecular complexity index is 978. The lowest BCUT2D eigenvalue weighted by molar-refractivity contribution is -0.143. The van der Waals surface area contributed by atoms with Gasteiger partial charge in [-0.3, -0.25) is 9.59 Å². The zero-order valence-electron chi connectivity index (χ0n) is 19.6. The molecule has 0 unspecified atom stereocenters. The lowest BCUT2D eigenvalue weighted by atomic mass is 9.97. The van der Waals surface area contributed by atoms with Gasteiger partial charge in [-0.15, -0.1) is 6.58 Å². The maximum absolute atomic E-state index is 12.8. The fourth-order valence-electron chi connectivity index (χ4n) is 2.90. The topological polar surface area (TPSA) is 61.8 Å². The molecule has 0 radical (unpaired) electrons. The van der Waals surface area contributed by atoms with Gasteiger partial charge in [-0.05, 0) is 89.1 Å². The van der Waals surface area contributed by atoms with Crippen LogP contribution < -0.4 is 14.2 Å². The van der Waals surface area contributed by atoms with Crippen LogP contribution in [0.4, 0.5) is 0 Å². The van der Waals surface area contributed by atoms with Crippen molar-refractivity contribution in [2.45, 2.75) is 41.0 Å². The smallest absolute Gasteiger partial charge is 0.316 e. The summed E-state index contributed by atoms with van der Waals surface area (Å²) in [5.41, 5.74) is 1.57. The molecule has 5 heteroatoms. The van der Waals surface area contributed by atoms with Gasteiger partial charge in [0, 0.05) is 5.56 Å². The second-order valence-corrected chi connectivity index (χ2v) is 8.19. The van der Waals surface area contributed by atoms with Gasteiger partial charge in [0.1, 0.15) is 17.2 Å². The van der Waals surface area contributed by atoms with E-state index in [-0.39, 0.29) is 11.8 Å². The Morgan fingerprint density at radius 3 is 2.19 bits per heavy atom. The number of ether oxygens (including phenoxy) is 3. The van der Waals surface area contributed by atoms with Crippen LogP contribution in [0.15, 0.2) is 55.1 Å². The molecule has 0 heterocycles. The van der Waals surface area contributed by atoms with Crippen molar-refractivity contribution >= 4 is 17.8 Å². The molecular formula is C27H32O5. The van der Waals surface area contributed by atoms with E-state index in [4.69, 9.17) is 14.2 Å². The second kappa shape index (κ2) is 11.3. The van der Waals surface area contributed by atoms with Crippen molar-refractivity contribution in [3.8, 4) is 17.2 Å². The molecule has 0 spiro atoms. The molecule has 170 valence electrons. The Morgan fingerprint density at radius 2 is 1.62 bits per heavy atom. The molecule has 5 nitrogen and oxygen atoms in total. The molecule has 0 fully saturated rings. The van der Waals surface area contributed by atoms with Crippen LogP contribution in [0.25, 0.3) is 6.08 Å². The van der Waals surface area contributed by atoms with Crippen molar-refractivity contribution in [2.75, 3.05) is 13.2 Å². The largest absolute Gasteiger partial charge is 0.493 e. The second-order valence-electron chi connectivity index (χ2n) is 8.19. The highest BCUT2D eigenvalue weighted by molar-refractivity contribution is 6.07. The number of carbonyl (C=O) groups excluding carboxylic acids is 2. The minimum absolute atomic E-state index is 0.183. The maximum atomic E-state index is 12.8. The third-order valence-electron chi connectivity index (χ3n) is 4.55. The fourth-order valence-corrected chi connectivity index (χ4v) is 2.90. The van der Waals surface area contributed by atoms with Crippen molar-refractivity contribution in [3.63, 3.8) is 0 Å². The zero-order chi connectivity index (χ0) is 23.7. The van der Waals surface area contributed by atoms with E-state index in [9.17, 15) is 9.59 Å². The molecular weight excluding hydrogens is 404 g/mol. The predicted octanol–water partition coefficient (Wildman–Crippen LogP) is 6.06. The SMILES string of the molecule is C=CCc1ccc(OCC)c(/C=C/C(=O)c2ccc(OC(=O)C(C)(C)C)cc2)c1OCC. The maximum Gasteiger partial charge on any atom is 0.316 e. The molecule has 0 atom stereocenters. The van der Waals surface area contributed by atoms with Crippen LogP contribution >= 0.6 is 0 Å². The van der Waals surface area contributed by atoms with Gasteiger partial charge in [-0.1, -0.05) is 12.1 Å². The fraction of sp³-hybridized carbons (Fsp3) is 0.333. The van der Waals surface area contributed by atoms with Gasteiger partial charge in [-0.2, -0.15) is 0 Å². The number of esters is 1. The number of ketones is 1. The Hall–Kier alpha value is -3.34. The predicted molar refractivity (Wildman–Crippen MR) is 128 cm³/mol. The summed E-state index contributed by atoms with van der Waals surface area (Å²) >= 11 is 0. The average Bonchev–Trinajstić information content (AvgIpc) is 2.75. The monoisotopic (exact) mass is 436 g/mol. The van der Waals surface area contributed by atoms with E-state index in [0.717, 1.165) is 11.1 Å². The minimum atomic E-state index is -0.603. The highest BCUT2D eigenvalue weighted by Crippen LogP contribution is 2.34. The standard InChI is InChI=1S/C27H32O5/c1-7-10-20-13-18-24(30-8-2)22(25(20)31-9-3)16-17-23(28)19-11-14-21(15-12-19)32-26(29)27(4,5)6/h7,11-18H,1,8-10H2,2-6H3/b17-16+. The molecule has 2 rings (SSSR count). The third kappa shape index (κ3) is 6.58. The molecule has 0 bridgehead atoms. The quantitative estimate of drug-likeness (QED) is 0.149. The molecule has 0 aromatic heterocycles. The first-order valence-electron chi connectivity index (χ1n) is 10.8. The molecule has 2 aromatic rings. The van der Waals surface area contributed by atoms with Gasteiger partial charge in [-0.25, -0.2) is 0 Å². The summed E-state index contributed by atoms with van der Waals surface area (Å²) in [5.74, 6) is 1.23. The van der Waals surface area contributed by atoms with Crippen LogP contribution in [0.3, 0.4) is 0 Å². The van der Waals surface area contributed by atoms with Crippen molar-refractivity contribution < 1.29 is 23.8 Å².